The summed E-state index contributed by atoms with van der Waals surface area (Å²) in [5.41, 5.74) is 1.91. The average molecular weight is 205 g/mol. The number of carbonyl (C=O) groups is 1. The number of benzene rings is 1. The van der Waals surface area contributed by atoms with E-state index in [4.69, 9.17) is 0 Å². The van der Waals surface area contributed by atoms with Crippen LogP contribution in [0.1, 0.15) is 30.7 Å². The second-order valence-corrected chi connectivity index (χ2v) is 4.32. The number of carbonyl (C=O) groups excluding carboxylic acids is 1. The number of ketones is 1. The van der Waals surface area contributed by atoms with Gasteiger partial charge in [-0.3, -0.25) is 4.79 Å². The van der Waals surface area contributed by atoms with E-state index < -0.39 is 0 Å². The fraction of sp³-hybridized carbons (Fsp3) is 0.417. The Morgan fingerprint density at radius 3 is 3.13 bits per heavy atom. The van der Waals surface area contributed by atoms with Crippen LogP contribution in [0.4, 0.5) is 10.1 Å². The molecule has 0 aromatic heterocycles. The standard InChI is InChI=1S/C12H12FNO/c13-7-4-5-10-9(6-7)8-2-1-3-11(15)12(8)14-10/h4-6,8,12,14H,1-3H2/t8-,12-/m0/s1. The Labute approximate surface area is 87.5 Å². The topological polar surface area (TPSA) is 29.1 Å². The first-order valence-electron chi connectivity index (χ1n) is 5.34. The van der Waals surface area contributed by atoms with Crippen LogP contribution in [0.2, 0.25) is 0 Å². The van der Waals surface area contributed by atoms with Crippen LogP contribution in [0.5, 0.6) is 0 Å². The van der Waals surface area contributed by atoms with Gasteiger partial charge in [0.25, 0.3) is 0 Å². The molecule has 1 aromatic carbocycles. The van der Waals surface area contributed by atoms with Crippen molar-refractivity contribution in [2.24, 2.45) is 0 Å². The Balaban J connectivity index is 2.05. The lowest BCUT2D eigenvalue weighted by Gasteiger charge is -2.23. The molecule has 1 aliphatic carbocycles. The first kappa shape index (κ1) is 8.89. The second-order valence-electron chi connectivity index (χ2n) is 4.32. The minimum Gasteiger partial charge on any atom is -0.375 e. The third-order valence-electron chi connectivity index (χ3n) is 3.41. The fourth-order valence-electron chi connectivity index (χ4n) is 2.70. The number of halogens is 1. The summed E-state index contributed by atoms with van der Waals surface area (Å²) in [7, 11) is 0. The van der Waals surface area contributed by atoms with Gasteiger partial charge < -0.3 is 5.32 Å². The lowest BCUT2D eigenvalue weighted by Crippen LogP contribution is -2.33. The molecule has 1 saturated carbocycles. The normalized spacial score (nSPS) is 28.2. The average Bonchev–Trinajstić information content (AvgIpc) is 2.58. The highest BCUT2D eigenvalue weighted by Crippen LogP contribution is 2.42. The summed E-state index contributed by atoms with van der Waals surface area (Å²) in [5.74, 6) is 0.244. The number of fused-ring (bicyclic) bond motifs is 3. The monoisotopic (exact) mass is 205 g/mol. The lowest BCUT2D eigenvalue weighted by atomic mass is 9.82. The molecule has 1 fully saturated rings. The van der Waals surface area contributed by atoms with Crippen LogP contribution in [-0.4, -0.2) is 11.8 Å². The molecule has 78 valence electrons. The van der Waals surface area contributed by atoms with Crippen molar-refractivity contribution in [3.05, 3.63) is 29.6 Å². The molecule has 1 heterocycles. The van der Waals surface area contributed by atoms with Gasteiger partial charge in [0.05, 0.1) is 6.04 Å². The largest absolute Gasteiger partial charge is 0.375 e. The van der Waals surface area contributed by atoms with Gasteiger partial charge in [0.1, 0.15) is 5.82 Å². The predicted octanol–water partition coefficient (Wildman–Crippen LogP) is 2.46. The van der Waals surface area contributed by atoms with Crippen molar-refractivity contribution >= 4 is 11.5 Å². The van der Waals surface area contributed by atoms with Crippen molar-refractivity contribution in [2.45, 2.75) is 31.2 Å². The van der Waals surface area contributed by atoms with E-state index in [0.717, 1.165) is 24.1 Å². The maximum absolute atomic E-state index is 13.1. The summed E-state index contributed by atoms with van der Waals surface area (Å²) in [5, 5.41) is 3.20. The molecule has 1 N–H and O–H groups in total. The molecular formula is C12H12FNO. The van der Waals surface area contributed by atoms with Gasteiger partial charge >= 0.3 is 0 Å². The maximum atomic E-state index is 13.1. The van der Waals surface area contributed by atoms with Crippen molar-refractivity contribution in [3.8, 4) is 0 Å². The molecule has 2 aliphatic rings. The van der Waals surface area contributed by atoms with Crippen LogP contribution in [0.15, 0.2) is 18.2 Å². The first-order valence-corrected chi connectivity index (χ1v) is 5.34. The number of hydrogen-bond acceptors (Lipinski definition) is 2. The highest BCUT2D eigenvalue weighted by Gasteiger charge is 2.38. The van der Waals surface area contributed by atoms with Gasteiger partial charge in [0, 0.05) is 18.0 Å². The summed E-state index contributed by atoms with van der Waals surface area (Å²) in [6.07, 6.45) is 2.57. The molecule has 1 aromatic rings. The molecule has 0 amide bonds. The van der Waals surface area contributed by atoms with E-state index in [0.29, 0.717) is 6.42 Å². The van der Waals surface area contributed by atoms with Crippen LogP contribution in [-0.2, 0) is 4.79 Å². The van der Waals surface area contributed by atoms with Gasteiger partial charge in [0.2, 0.25) is 0 Å². The zero-order valence-corrected chi connectivity index (χ0v) is 8.29. The first-order chi connectivity index (χ1) is 7.25. The molecule has 2 nitrogen and oxygen atoms in total. The highest BCUT2D eigenvalue weighted by atomic mass is 19.1. The molecule has 3 heteroatoms. The molecule has 0 spiro atoms. The van der Waals surface area contributed by atoms with E-state index in [-0.39, 0.29) is 23.6 Å². The van der Waals surface area contributed by atoms with Gasteiger partial charge in [-0.15, -0.1) is 0 Å². The Bertz CT molecular complexity index is 430. The van der Waals surface area contributed by atoms with Gasteiger partial charge in [-0.25, -0.2) is 4.39 Å². The van der Waals surface area contributed by atoms with Gasteiger partial charge in [0.15, 0.2) is 5.78 Å². The van der Waals surface area contributed by atoms with Crippen molar-refractivity contribution in [2.75, 3.05) is 5.32 Å². The summed E-state index contributed by atoms with van der Waals surface area (Å²) in [6, 6.07) is 4.63. The van der Waals surface area contributed by atoms with Crippen LogP contribution in [0.25, 0.3) is 0 Å². The van der Waals surface area contributed by atoms with Crippen molar-refractivity contribution in [3.63, 3.8) is 0 Å². The Morgan fingerprint density at radius 2 is 2.27 bits per heavy atom. The number of rotatable bonds is 0. The molecule has 1 aliphatic heterocycles. The van der Waals surface area contributed by atoms with Crippen LogP contribution < -0.4 is 5.32 Å². The van der Waals surface area contributed by atoms with E-state index in [1.54, 1.807) is 12.1 Å². The van der Waals surface area contributed by atoms with Gasteiger partial charge in [-0.1, -0.05) is 0 Å². The third-order valence-corrected chi connectivity index (χ3v) is 3.41. The van der Waals surface area contributed by atoms with E-state index in [2.05, 4.69) is 5.32 Å². The van der Waals surface area contributed by atoms with Crippen LogP contribution in [0, 0.1) is 5.82 Å². The van der Waals surface area contributed by atoms with E-state index in [1.807, 2.05) is 0 Å². The Morgan fingerprint density at radius 1 is 1.40 bits per heavy atom. The molecular weight excluding hydrogens is 193 g/mol. The predicted molar refractivity (Wildman–Crippen MR) is 55.4 cm³/mol. The summed E-state index contributed by atoms with van der Waals surface area (Å²) < 4.78 is 13.1. The number of anilines is 1. The molecule has 2 atom stereocenters. The molecule has 15 heavy (non-hydrogen) atoms. The minimum absolute atomic E-state index is 0.101. The highest BCUT2D eigenvalue weighted by molar-refractivity contribution is 5.91. The van der Waals surface area contributed by atoms with Crippen molar-refractivity contribution < 1.29 is 9.18 Å². The zero-order chi connectivity index (χ0) is 10.4. The molecule has 0 radical (unpaired) electrons. The Hall–Kier alpha value is -1.38. The maximum Gasteiger partial charge on any atom is 0.155 e. The smallest absolute Gasteiger partial charge is 0.155 e. The van der Waals surface area contributed by atoms with E-state index >= 15 is 0 Å². The fourth-order valence-corrected chi connectivity index (χ4v) is 2.70. The number of Topliss-reactive ketones (excluding diaryl/α,β-unsaturated/α-hetero) is 1. The molecule has 0 saturated heterocycles. The zero-order valence-electron chi connectivity index (χ0n) is 8.29. The lowest BCUT2D eigenvalue weighted by molar-refractivity contribution is -0.121. The van der Waals surface area contributed by atoms with Crippen molar-refractivity contribution in [1.29, 1.82) is 0 Å². The second kappa shape index (κ2) is 3.05. The SMILES string of the molecule is O=C1CCC[C@H]2c3cc(F)ccc3N[C@H]12. The quantitative estimate of drug-likeness (QED) is 0.704. The molecule has 0 unspecified atom stereocenters. The van der Waals surface area contributed by atoms with Crippen LogP contribution >= 0.6 is 0 Å². The van der Waals surface area contributed by atoms with Gasteiger partial charge in [-0.05, 0) is 36.6 Å². The number of nitrogens with one attached hydrogen (secondary N) is 1. The summed E-state index contributed by atoms with van der Waals surface area (Å²) >= 11 is 0. The number of hydrogen-bond donors (Lipinski definition) is 1. The van der Waals surface area contributed by atoms with E-state index in [1.165, 1.54) is 6.07 Å². The van der Waals surface area contributed by atoms with Gasteiger partial charge in [-0.2, -0.15) is 0 Å². The van der Waals surface area contributed by atoms with Crippen molar-refractivity contribution in [1.82, 2.24) is 0 Å². The minimum atomic E-state index is -0.214. The Kier molecular flexibility index (Phi) is 1.81. The summed E-state index contributed by atoms with van der Waals surface area (Å²) in [4.78, 5) is 11.7. The molecule has 3 rings (SSSR count). The summed E-state index contributed by atoms with van der Waals surface area (Å²) in [6.45, 7) is 0. The van der Waals surface area contributed by atoms with Crippen LogP contribution in [0.3, 0.4) is 0 Å². The molecule has 0 bridgehead atoms. The third kappa shape index (κ3) is 1.26. The van der Waals surface area contributed by atoms with E-state index in [9.17, 15) is 9.18 Å².